The van der Waals surface area contributed by atoms with E-state index in [9.17, 15) is 0 Å². The van der Waals surface area contributed by atoms with Gasteiger partial charge in [0.1, 0.15) is 0 Å². The maximum atomic E-state index is 5.98. The van der Waals surface area contributed by atoms with E-state index < -0.39 is 0 Å². The van der Waals surface area contributed by atoms with Gasteiger partial charge >= 0.3 is 0 Å². The molecule has 0 aliphatic rings. The molecule has 1 aromatic carbocycles. The van der Waals surface area contributed by atoms with Gasteiger partial charge < -0.3 is 0 Å². The number of aromatic nitrogens is 2. The molecule has 0 bridgehead atoms. The van der Waals surface area contributed by atoms with Gasteiger partial charge in [-0.15, -0.1) is 11.6 Å². The number of rotatable bonds is 4. The highest BCUT2D eigenvalue weighted by atomic mass is 35.5. The molecule has 2 rings (SSSR count). The molecule has 0 amide bonds. The summed E-state index contributed by atoms with van der Waals surface area (Å²) in [4.78, 5) is 0. The largest absolute Gasteiger partial charge is 0.237 e. The topological polar surface area (TPSA) is 17.8 Å². The van der Waals surface area contributed by atoms with Crippen molar-refractivity contribution in [3.8, 4) is 5.69 Å². The van der Waals surface area contributed by atoms with Crippen LogP contribution in [-0.4, -0.2) is 9.78 Å². The van der Waals surface area contributed by atoms with Gasteiger partial charge in [0.15, 0.2) is 0 Å². The van der Waals surface area contributed by atoms with Crippen LogP contribution in [0.3, 0.4) is 0 Å². The summed E-state index contributed by atoms with van der Waals surface area (Å²) in [5, 5.41) is 4.64. The third-order valence-corrected chi connectivity index (χ3v) is 3.21. The molecular weight excluding hydrogens is 232 g/mol. The van der Waals surface area contributed by atoms with Crippen LogP contribution in [0.25, 0.3) is 5.69 Å². The molecule has 1 heterocycles. The molecule has 0 aliphatic heterocycles. The van der Waals surface area contributed by atoms with Gasteiger partial charge in [0, 0.05) is 11.6 Å². The number of alkyl halides is 1. The zero-order chi connectivity index (χ0) is 12.3. The second-order valence-electron chi connectivity index (χ2n) is 4.01. The maximum absolute atomic E-state index is 5.98. The van der Waals surface area contributed by atoms with Gasteiger partial charge in [0.2, 0.25) is 0 Å². The molecule has 0 N–H and O–H groups in total. The van der Waals surface area contributed by atoms with E-state index in [4.69, 9.17) is 11.6 Å². The molecule has 0 saturated heterocycles. The first-order valence-electron chi connectivity index (χ1n) is 6.02. The van der Waals surface area contributed by atoms with E-state index in [-0.39, 0.29) is 0 Å². The van der Waals surface area contributed by atoms with Gasteiger partial charge in [-0.1, -0.05) is 32.0 Å². The lowest BCUT2D eigenvalue weighted by molar-refractivity contribution is 0.788. The SMILES string of the molecule is CCc1cc(CC)n(-c2ccccc2CCl)n1. The second-order valence-corrected chi connectivity index (χ2v) is 4.28. The van der Waals surface area contributed by atoms with E-state index in [1.54, 1.807) is 0 Å². The van der Waals surface area contributed by atoms with E-state index in [0.29, 0.717) is 5.88 Å². The monoisotopic (exact) mass is 248 g/mol. The molecular formula is C14H17ClN2. The zero-order valence-corrected chi connectivity index (χ0v) is 11.0. The first kappa shape index (κ1) is 12.2. The van der Waals surface area contributed by atoms with Crippen molar-refractivity contribution >= 4 is 11.6 Å². The molecule has 0 unspecified atom stereocenters. The summed E-state index contributed by atoms with van der Waals surface area (Å²) in [6.07, 6.45) is 1.94. The maximum Gasteiger partial charge on any atom is 0.0692 e. The lowest BCUT2D eigenvalue weighted by atomic mass is 10.2. The molecule has 17 heavy (non-hydrogen) atoms. The van der Waals surface area contributed by atoms with Crippen molar-refractivity contribution in [3.63, 3.8) is 0 Å². The Hall–Kier alpha value is -1.28. The Labute approximate surface area is 107 Å². The molecule has 0 fully saturated rings. The van der Waals surface area contributed by atoms with Crippen LogP contribution >= 0.6 is 11.6 Å². The average Bonchev–Trinajstić information content (AvgIpc) is 2.81. The fourth-order valence-electron chi connectivity index (χ4n) is 1.94. The van der Waals surface area contributed by atoms with E-state index >= 15 is 0 Å². The Morgan fingerprint density at radius 3 is 2.59 bits per heavy atom. The first-order chi connectivity index (χ1) is 8.30. The van der Waals surface area contributed by atoms with Gasteiger partial charge in [-0.3, -0.25) is 0 Å². The lowest BCUT2D eigenvalue weighted by Crippen LogP contribution is -2.04. The van der Waals surface area contributed by atoms with E-state index in [0.717, 1.165) is 29.8 Å². The minimum atomic E-state index is 0.515. The van der Waals surface area contributed by atoms with Crippen molar-refractivity contribution in [1.82, 2.24) is 9.78 Å². The van der Waals surface area contributed by atoms with Crippen molar-refractivity contribution in [1.29, 1.82) is 0 Å². The van der Waals surface area contributed by atoms with Gasteiger partial charge in [-0.05, 0) is 30.5 Å². The van der Waals surface area contributed by atoms with Crippen molar-refractivity contribution in [2.45, 2.75) is 32.6 Å². The predicted octanol–water partition coefficient (Wildman–Crippen LogP) is 3.74. The highest BCUT2D eigenvalue weighted by molar-refractivity contribution is 6.17. The highest BCUT2D eigenvalue weighted by Crippen LogP contribution is 2.19. The van der Waals surface area contributed by atoms with Crippen LogP contribution in [0.15, 0.2) is 30.3 Å². The molecule has 0 saturated carbocycles. The Balaban J connectivity index is 2.54. The summed E-state index contributed by atoms with van der Waals surface area (Å²) in [7, 11) is 0. The van der Waals surface area contributed by atoms with Gasteiger partial charge in [0.25, 0.3) is 0 Å². The Bertz CT molecular complexity index is 503. The minimum absolute atomic E-state index is 0.515. The fraction of sp³-hybridized carbons (Fsp3) is 0.357. The van der Waals surface area contributed by atoms with Crippen molar-refractivity contribution in [2.24, 2.45) is 0 Å². The number of hydrogen-bond acceptors (Lipinski definition) is 1. The molecule has 0 spiro atoms. The number of benzene rings is 1. The van der Waals surface area contributed by atoms with Crippen molar-refractivity contribution in [2.75, 3.05) is 0 Å². The van der Waals surface area contributed by atoms with Crippen LogP contribution in [0.1, 0.15) is 30.8 Å². The van der Waals surface area contributed by atoms with Crippen LogP contribution in [-0.2, 0) is 18.7 Å². The molecule has 90 valence electrons. The predicted molar refractivity (Wildman–Crippen MR) is 71.9 cm³/mol. The van der Waals surface area contributed by atoms with Gasteiger partial charge in [-0.25, -0.2) is 4.68 Å². The Kier molecular flexibility index (Phi) is 3.85. The van der Waals surface area contributed by atoms with Crippen molar-refractivity contribution < 1.29 is 0 Å². The number of halogens is 1. The summed E-state index contributed by atoms with van der Waals surface area (Å²) in [6, 6.07) is 10.3. The summed E-state index contributed by atoms with van der Waals surface area (Å²) in [5.74, 6) is 0.515. The third kappa shape index (κ3) is 2.37. The number of nitrogens with zero attached hydrogens (tertiary/aromatic N) is 2. The fourth-order valence-corrected chi connectivity index (χ4v) is 2.16. The highest BCUT2D eigenvalue weighted by Gasteiger charge is 2.10. The van der Waals surface area contributed by atoms with Crippen LogP contribution < -0.4 is 0 Å². The van der Waals surface area contributed by atoms with E-state index in [1.165, 1.54) is 5.69 Å². The smallest absolute Gasteiger partial charge is 0.0692 e. The summed E-state index contributed by atoms with van der Waals surface area (Å²) in [6.45, 7) is 4.27. The first-order valence-corrected chi connectivity index (χ1v) is 6.55. The van der Waals surface area contributed by atoms with Gasteiger partial charge in [0.05, 0.1) is 11.4 Å². The molecule has 2 nitrogen and oxygen atoms in total. The quantitative estimate of drug-likeness (QED) is 0.754. The van der Waals surface area contributed by atoms with E-state index in [2.05, 4.69) is 37.1 Å². The Morgan fingerprint density at radius 1 is 1.18 bits per heavy atom. The number of hydrogen-bond donors (Lipinski definition) is 0. The molecule has 2 aromatic rings. The normalized spacial score (nSPS) is 10.8. The lowest BCUT2D eigenvalue weighted by Gasteiger charge is -2.09. The summed E-state index contributed by atoms with van der Waals surface area (Å²) < 4.78 is 2.02. The van der Waals surface area contributed by atoms with Gasteiger partial charge in [-0.2, -0.15) is 5.10 Å². The van der Waals surface area contributed by atoms with Crippen LogP contribution in [0.4, 0.5) is 0 Å². The molecule has 0 radical (unpaired) electrons. The molecule has 0 atom stereocenters. The second kappa shape index (κ2) is 5.37. The molecule has 1 aromatic heterocycles. The third-order valence-electron chi connectivity index (χ3n) is 2.92. The summed E-state index contributed by atoms with van der Waals surface area (Å²) >= 11 is 5.98. The van der Waals surface area contributed by atoms with E-state index in [1.807, 2.05) is 16.8 Å². The Morgan fingerprint density at radius 2 is 1.94 bits per heavy atom. The van der Waals surface area contributed by atoms with Crippen molar-refractivity contribution in [3.05, 3.63) is 47.3 Å². The molecule has 0 aliphatic carbocycles. The summed E-state index contributed by atoms with van der Waals surface area (Å²) in [5.41, 5.74) is 4.58. The number of aryl methyl sites for hydroxylation is 2. The van der Waals surface area contributed by atoms with Crippen LogP contribution in [0.5, 0.6) is 0 Å². The zero-order valence-electron chi connectivity index (χ0n) is 10.3. The standard InChI is InChI=1S/C14H17ClN2/c1-3-12-9-13(4-2)17(16-12)14-8-6-5-7-11(14)10-15/h5-9H,3-4,10H2,1-2H3. The number of para-hydroxylation sites is 1. The molecule has 3 heteroatoms. The minimum Gasteiger partial charge on any atom is -0.237 e. The average molecular weight is 249 g/mol. The van der Waals surface area contributed by atoms with Crippen LogP contribution in [0, 0.1) is 0 Å². The van der Waals surface area contributed by atoms with Crippen LogP contribution in [0.2, 0.25) is 0 Å².